The summed E-state index contributed by atoms with van der Waals surface area (Å²) in [5, 5.41) is 10.8. The first-order valence-corrected chi connectivity index (χ1v) is 8.46. The van der Waals surface area contributed by atoms with Crippen LogP contribution in [0.5, 0.6) is 0 Å². The molecule has 0 saturated heterocycles. The molecule has 0 bridgehead atoms. The van der Waals surface area contributed by atoms with Crippen molar-refractivity contribution < 1.29 is 9.53 Å². The number of amides is 1. The summed E-state index contributed by atoms with van der Waals surface area (Å²) in [5.74, 6) is 1.37. The summed E-state index contributed by atoms with van der Waals surface area (Å²) in [7, 11) is 1.92. The zero-order valence-electron chi connectivity index (χ0n) is 15.1. The largest absolute Gasteiger partial charge is 0.446 e. The smallest absolute Gasteiger partial charge is 0.407 e. The molecular formula is C17H30N4O2. The Kier molecular flexibility index (Phi) is 5.22. The molecule has 1 saturated carbocycles. The fourth-order valence-corrected chi connectivity index (χ4v) is 3.03. The van der Waals surface area contributed by atoms with Gasteiger partial charge in [-0.3, -0.25) is 0 Å². The number of alkyl carbamates (subject to hydrolysis) is 1. The van der Waals surface area contributed by atoms with E-state index >= 15 is 0 Å². The molecule has 1 aromatic heterocycles. The number of carbonyl (C=O) groups is 1. The van der Waals surface area contributed by atoms with E-state index in [1.807, 2.05) is 25.6 Å². The highest BCUT2D eigenvalue weighted by molar-refractivity contribution is 5.67. The summed E-state index contributed by atoms with van der Waals surface area (Å²) >= 11 is 0. The van der Waals surface area contributed by atoms with Gasteiger partial charge in [-0.05, 0) is 53.9 Å². The van der Waals surface area contributed by atoms with E-state index in [1.54, 1.807) is 0 Å². The molecule has 0 aliphatic heterocycles. The molecule has 6 heteroatoms. The Morgan fingerprint density at radius 2 is 2.09 bits per heavy atom. The Hall–Kier alpha value is -1.72. The number of hydrogen-bond acceptors (Lipinski definition) is 4. The summed E-state index contributed by atoms with van der Waals surface area (Å²) in [5.41, 5.74) is 1.02. The van der Waals surface area contributed by atoms with Gasteiger partial charge in [0.15, 0.2) is 0 Å². The van der Waals surface area contributed by atoms with Crippen molar-refractivity contribution in [1.29, 1.82) is 0 Å². The van der Waals surface area contributed by atoms with Gasteiger partial charge in [0, 0.05) is 25.1 Å². The third-order valence-electron chi connectivity index (χ3n) is 4.10. The van der Waals surface area contributed by atoms with Gasteiger partial charge in [0.2, 0.25) is 0 Å². The molecule has 1 aromatic rings. The van der Waals surface area contributed by atoms with Crippen LogP contribution in [0, 0.1) is 0 Å². The van der Waals surface area contributed by atoms with Gasteiger partial charge in [0.05, 0.1) is 11.2 Å². The van der Waals surface area contributed by atoms with Crippen molar-refractivity contribution in [3.8, 4) is 0 Å². The molecule has 2 rings (SSSR count). The lowest BCUT2D eigenvalue weighted by Gasteiger charge is -2.22. The molecule has 1 aliphatic rings. The molecule has 1 fully saturated rings. The van der Waals surface area contributed by atoms with Crippen LogP contribution in [0.3, 0.4) is 0 Å². The second-order valence-electron chi connectivity index (χ2n) is 7.62. The first-order valence-electron chi connectivity index (χ1n) is 8.46. The van der Waals surface area contributed by atoms with Gasteiger partial charge >= 0.3 is 6.09 Å². The van der Waals surface area contributed by atoms with Crippen molar-refractivity contribution in [2.24, 2.45) is 0 Å². The fourth-order valence-electron chi connectivity index (χ4n) is 3.03. The van der Waals surface area contributed by atoms with Crippen molar-refractivity contribution in [2.45, 2.75) is 77.5 Å². The SMILES string of the molecule is CNc1cc(C2CCC(OC(=O)NC(C)C)C2)nn1C(C)(C)C. The highest BCUT2D eigenvalue weighted by atomic mass is 16.6. The Balaban J connectivity index is 2.02. The number of anilines is 1. The molecule has 0 radical (unpaired) electrons. The molecule has 0 spiro atoms. The maximum Gasteiger partial charge on any atom is 0.407 e. The van der Waals surface area contributed by atoms with E-state index in [9.17, 15) is 4.79 Å². The van der Waals surface area contributed by atoms with Gasteiger partial charge in [-0.25, -0.2) is 9.48 Å². The number of aromatic nitrogens is 2. The first kappa shape index (κ1) is 17.6. The van der Waals surface area contributed by atoms with E-state index in [0.717, 1.165) is 30.8 Å². The predicted molar refractivity (Wildman–Crippen MR) is 91.9 cm³/mol. The van der Waals surface area contributed by atoms with Gasteiger partial charge < -0.3 is 15.4 Å². The summed E-state index contributed by atoms with van der Waals surface area (Å²) in [4.78, 5) is 11.7. The van der Waals surface area contributed by atoms with Crippen LogP contribution < -0.4 is 10.6 Å². The second kappa shape index (κ2) is 6.81. The number of nitrogens with one attached hydrogen (secondary N) is 2. The minimum atomic E-state index is -0.318. The molecule has 2 N–H and O–H groups in total. The van der Waals surface area contributed by atoms with E-state index in [0.29, 0.717) is 5.92 Å². The Morgan fingerprint density at radius 1 is 1.39 bits per heavy atom. The average molecular weight is 322 g/mol. The highest BCUT2D eigenvalue weighted by Gasteiger charge is 2.31. The third-order valence-corrected chi connectivity index (χ3v) is 4.10. The number of ether oxygens (including phenoxy) is 1. The molecule has 130 valence electrons. The topological polar surface area (TPSA) is 68.2 Å². The van der Waals surface area contributed by atoms with Crippen LogP contribution in [0.2, 0.25) is 0 Å². The van der Waals surface area contributed by atoms with E-state index in [2.05, 4.69) is 37.5 Å². The number of carbonyl (C=O) groups excluding carboxylic acids is 1. The van der Waals surface area contributed by atoms with Crippen molar-refractivity contribution >= 4 is 11.9 Å². The Morgan fingerprint density at radius 3 is 2.61 bits per heavy atom. The number of nitrogens with zero attached hydrogens (tertiary/aromatic N) is 2. The Bertz CT molecular complexity index is 545. The molecule has 6 nitrogen and oxygen atoms in total. The van der Waals surface area contributed by atoms with Crippen LogP contribution in [-0.4, -0.2) is 35.1 Å². The van der Waals surface area contributed by atoms with Crippen LogP contribution in [0.4, 0.5) is 10.6 Å². The lowest BCUT2D eigenvalue weighted by atomic mass is 10.0. The maximum atomic E-state index is 11.7. The van der Waals surface area contributed by atoms with Crippen molar-refractivity contribution in [3.05, 3.63) is 11.8 Å². The molecule has 2 atom stereocenters. The monoisotopic (exact) mass is 322 g/mol. The average Bonchev–Trinajstić information content (AvgIpc) is 3.02. The van der Waals surface area contributed by atoms with E-state index < -0.39 is 0 Å². The van der Waals surface area contributed by atoms with Gasteiger partial charge in [-0.1, -0.05) is 0 Å². The predicted octanol–water partition coefficient (Wildman–Crippen LogP) is 3.45. The fraction of sp³-hybridized carbons (Fsp3) is 0.765. The van der Waals surface area contributed by atoms with Crippen molar-refractivity contribution in [1.82, 2.24) is 15.1 Å². The zero-order chi connectivity index (χ0) is 17.2. The lowest BCUT2D eigenvalue weighted by Crippen LogP contribution is -2.33. The number of rotatable bonds is 4. The molecule has 2 unspecified atom stereocenters. The summed E-state index contributed by atoms with van der Waals surface area (Å²) < 4.78 is 7.53. The minimum Gasteiger partial charge on any atom is -0.446 e. The van der Waals surface area contributed by atoms with E-state index in [4.69, 9.17) is 9.84 Å². The summed E-state index contributed by atoms with van der Waals surface area (Å²) in [6, 6.07) is 2.22. The van der Waals surface area contributed by atoms with Crippen LogP contribution in [0.15, 0.2) is 6.07 Å². The standard InChI is InChI=1S/C17H30N4O2/c1-11(2)19-16(22)23-13-8-7-12(9-13)14-10-15(18-6)21(20-14)17(3,4)5/h10-13,18H,7-9H2,1-6H3,(H,19,22). The molecular weight excluding hydrogens is 292 g/mol. The third kappa shape index (κ3) is 4.39. The van der Waals surface area contributed by atoms with Gasteiger partial charge in [-0.15, -0.1) is 0 Å². The van der Waals surface area contributed by atoms with Gasteiger partial charge in [-0.2, -0.15) is 5.10 Å². The normalized spacial score (nSPS) is 21.5. The maximum absolute atomic E-state index is 11.7. The molecule has 23 heavy (non-hydrogen) atoms. The molecule has 0 aromatic carbocycles. The Labute approximate surface area is 139 Å². The molecule has 1 aliphatic carbocycles. The molecule has 1 heterocycles. The number of hydrogen-bond donors (Lipinski definition) is 2. The quantitative estimate of drug-likeness (QED) is 0.891. The van der Waals surface area contributed by atoms with Crippen LogP contribution in [0.1, 0.15) is 65.5 Å². The van der Waals surface area contributed by atoms with Crippen molar-refractivity contribution in [3.63, 3.8) is 0 Å². The van der Waals surface area contributed by atoms with Gasteiger partial charge in [0.25, 0.3) is 0 Å². The van der Waals surface area contributed by atoms with Crippen LogP contribution in [0.25, 0.3) is 0 Å². The first-order chi connectivity index (χ1) is 10.7. The van der Waals surface area contributed by atoms with Crippen LogP contribution >= 0.6 is 0 Å². The van der Waals surface area contributed by atoms with E-state index in [1.165, 1.54) is 0 Å². The summed E-state index contributed by atoms with van der Waals surface area (Å²) in [6.45, 7) is 10.3. The van der Waals surface area contributed by atoms with Gasteiger partial charge in [0.1, 0.15) is 11.9 Å². The minimum absolute atomic E-state index is 0.0171. The highest BCUT2D eigenvalue weighted by Crippen LogP contribution is 2.37. The van der Waals surface area contributed by atoms with Crippen molar-refractivity contribution in [2.75, 3.05) is 12.4 Å². The summed E-state index contributed by atoms with van der Waals surface area (Å²) in [6.07, 6.45) is 2.41. The zero-order valence-corrected chi connectivity index (χ0v) is 15.1. The lowest BCUT2D eigenvalue weighted by molar-refractivity contribution is 0.0981. The van der Waals surface area contributed by atoms with E-state index in [-0.39, 0.29) is 23.8 Å². The molecule has 1 amide bonds. The van der Waals surface area contributed by atoms with Crippen LogP contribution in [-0.2, 0) is 10.3 Å². The second-order valence-corrected chi connectivity index (χ2v) is 7.62.